The maximum atomic E-state index is 6.19. The van der Waals surface area contributed by atoms with E-state index in [4.69, 9.17) is 19.0 Å². The van der Waals surface area contributed by atoms with Crippen molar-refractivity contribution in [2.24, 2.45) is 11.7 Å². The molecule has 21 heavy (non-hydrogen) atoms. The van der Waals surface area contributed by atoms with E-state index in [2.05, 4.69) is 12.2 Å². The monoisotopic (exact) mass is 320 g/mol. The van der Waals surface area contributed by atoms with Gasteiger partial charge in [-0.05, 0) is 38.3 Å². The van der Waals surface area contributed by atoms with Crippen LogP contribution in [0.15, 0.2) is 0 Å². The molecule has 0 aliphatic carbocycles. The molecular weight excluding hydrogens is 284 g/mol. The van der Waals surface area contributed by atoms with Crippen molar-refractivity contribution in [1.29, 1.82) is 0 Å². The zero-order valence-electron chi connectivity index (χ0n) is 14.4. The SMILES string of the molecule is CCCC(N)C1CCCCCCNC1.CO[SiH](OC)OC. The maximum absolute atomic E-state index is 6.19. The summed E-state index contributed by atoms with van der Waals surface area (Å²) in [6, 6.07) is 0.422. The highest BCUT2D eigenvalue weighted by atomic mass is 28.3. The standard InChI is InChI=1S/C12H26N2.C3H10O3Si/c1-2-7-12(13)11-8-5-3-4-6-9-14-10-11;1-4-7(5-2)6-3/h11-12,14H,2-10,13H2,1H3;7H,1-3H3. The van der Waals surface area contributed by atoms with Crippen LogP contribution < -0.4 is 11.1 Å². The van der Waals surface area contributed by atoms with Crippen LogP contribution >= 0.6 is 0 Å². The summed E-state index contributed by atoms with van der Waals surface area (Å²) in [6.45, 7) is 4.55. The third-order valence-electron chi connectivity index (χ3n) is 3.89. The summed E-state index contributed by atoms with van der Waals surface area (Å²) < 4.78 is 14.2. The van der Waals surface area contributed by atoms with Gasteiger partial charge in [-0.25, -0.2) is 0 Å². The quantitative estimate of drug-likeness (QED) is 0.732. The van der Waals surface area contributed by atoms with Crippen LogP contribution in [0.3, 0.4) is 0 Å². The molecule has 0 aromatic heterocycles. The summed E-state index contributed by atoms with van der Waals surface area (Å²) in [5.74, 6) is 0.716. The molecule has 1 aliphatic heterocycles. The minimum absolute atomic E-state index is 0.422. The van der Waals surface area contributed by atoms with Crippen LogP contribution in [-0.4, -0.2) is 50.0 Å². The molecular formula is C15H36N2O3Si. The highest BCUT2D eigenvalue weighted by Gasteiger charge is 2.17. The first kappa shape index (κ1) is 21.0. The maximum Gasteiger partial charge on any atom is 0.483 e. The van der Waals surface area contributed by atoms with Gasteiger partial charge in [0, 0.05) is 27.4 Å². The summed E-state index contributed by atoms with van der Waals surface area (Å²) >= 11 is 0. The molecule has 128 valence electrons. The normalized spacial score (nSPS) is 21.7. The molecule has 1 heterocycles. The van der Waals surface area contributed by atoms with Gasteiger partial charge < -0.3 is 24.3 Å². The van der Waals surface area contributed by atoms with Gasteiger partial charge in [0.1, 0.15) is 0 Å². The second kappa shape index (κ2) is 14.9. The smallest absolute Gasteiger partial charge is 0.379 e. The molecule has 3 N–H and O–H groups in total. The predicted octanol–water partition coefficient (Wildman–Crippen LogP) is 1.93. The van der Waals surface area contributed by atoms with Gasteiger partial charge in [0.2, 0.25) is 0 Å². The highest BCUT2D eigenvalue weighted by Crippen LogP contribution is 2.17. The van der Waals surface area contributed by atoms with Crippen LogP contribution in [0, 0.1) is 5.92 Å². The minimum atomic E-state index is -1.67. The van der Waals surface area contributed by atoms with Crippen molar-refractivity contribution in [3.63, 3.8) is 0 Å². The Labute approximate surface area is 132 Å². The molecule has 2 unspecified atom stereocenters. The van der Waals surface area contributed by atoms with E-state index in [-0.39, 0.29) is 0 Å². The molecule has 1 fully saturated rings. The molecule has 0 aromatic carbocycles. The van der Waals surface area contributed by atoms with Gasteiger partial charge in [0.25, 0.3) is 0 Å². The molecule has 0 amide bonds. The number of hydrogen-bond acceptors (Lipinski definition) is 5. The van der Waals surface area contributed by atoms with E-state index in [1.54, 1.807) is 21.3 Å². The van der Waals surface area contributed by atoms with E-state index in [0.29, 0.717) is 12.0 Å². The van der Waals surface area contributed by atoms with E-state index < -0.39 is 9.53 Å². The summed E-state index contributed by atoms with van der Waals surface area (Å²) in [5, 5.41) is 3.54. The molecule has 0 radical (unpaired) electrons. The van der Waals surface area contributed by atoms with Gasteiger partial charge in [-0.3, -0.25) is 0 Å². The van der Waals surface area contributed by atoms with Gasteiger partial charge in [-0.2, -0.15) is 0 Å². The molecule has 0 aromatic rings. The predicted molar refractivity (Wildman–Crippen MR) is 90.5 cm³/mol. The first-order chi connectivity index (χ1) is 10.2. The van der Waals surface area contributed by atoms with Gasteiger partial charge in [-0.15, -0.1) is 0 Å². The fourth-order valence-corrected chi connectivity index (χ4v) is 3.20. The Kier molecular flexibility index (Phi) is 14.9. The zero-order valence-corrected chi connectivity index (χ0v) is 15.6. The lowest BCUT2D eigenvalue weighted by Crippen LogP contribution is -2.37. The lowest BCUT2D eigenvalue weighted by Gasteiger charge is -2.23. The molecule has 0 spiro atoms. The minimum Gasteiger partial charge on any atom is -0.379 e. The van der Waals surface area contributed by atoms with E-state index >= 15 is 0 Å². The molecule has 1 rings (SSSR count). The average molecular weight is 321 g/mol. The number of nitrogens with one attached hydrogen (secondary N) is 1. The van der Waals surface area contributed by atoms with Crippen LogP contribution in [0.2, 0.25) is 0 Å². The molecule has 2 atom stereocenters. The fraction of sp³-hybridized carbons (Fsp3) is 1.00. The Balaban J connectivity index is 0.000000486. The lowest BCUT2D eigenvalue weighted by molar-refractivity contribution is 0.163. The van der Waals surface area contributed by atoms with Crippen LogP contribution in [0.4, 0.5) is 0 Å². The third-order valence-corrected chi connectivity index (χ3v) is 5.04. The van der Waals surface area contributed by atoms with E-state index in [0.717, 1.165) is 6.54 Å². The van der Waals surface area contributed by atoms with Gasteiger partial charge in [-0.1, -0.05) is 32.6 Å². The van der Waals surface area contributed by atoms with Gasteiger partial charge in [0.15, 0.2) is 0 Å². The molecule has 1 saturated heterocycles. The molecule has 0 bridgehead atoms. The Hall–Kier alpha value is 0.0169. The van der Waals surface area contributed by atoms with Crippen molar-refractivity contribution in [2.45, 2.75) is 57.9 Å². The van der Waals surface area contributed by atoms with E-state index in [1.165, 1.54) is 51.5 Å². The Morgan fingerprint density at radius 3 is 2.24 bits per heavy atom. The van der Waals surface area contributed by atoms with Crippen LogP contribution in [0.1, 0.15) is 51.9 Å². The summed E-state index contributed by atoms with van der Waals surface area (Å²) in [7, 11) is 3.05. The first-order valence-corrected chi connectivity index (χ1v) is 9.65. The average Bonchev–Trinajstić information content (AvgIpc) is 2.63. The number of nitrogens with two attached hydrogens (primary N) is 1. The lowest BCUT2D eigenvalue weighted by atomic mass is 9.91. The molecule has 6 heteroatoms. The summed E-state index contributed by atoms with van der Waals surface area (Å²) in [6.07, 6.45) is 9.25. The van der Waals surface area contributed by atoms with Crippen molar-refractivity contribution in [3.8, 4) is 0 Å². The van der Waals surface area contributed by atoms with Crippen LogP contribution in [0.25, 0.3) is 0 Å². The molecule has 1 aliphatic rings. The summed E-state index contributed by atoms with van der Waals surface area (Å²) in [4.78, 5) is 0. The largest absolute Gasteiger partial charge is 0.483 e. The Bertz CT molecular complexity index is 204. The Morgan fingerprint density at radius 2 is 1.71 bits per heavy atom. The van der Waals surface area contributed by atoms with Crippen LogP contribution in [0.5, 0.6) is 0 Å². The Morgan fingerprint density at radius 1 is 1.10 bits per heavy atom. The number of rotatable bonds is 6. The van der Waals surface area contributed by atoms with Crippen molar-refractivity contribution in [3.05, 3.63) is 0 Å². The van der Waals surface area contributed by atoms with Crippen molar-refractivity contribution in [2.75, 3.05) is 34.4 Å². The van der Waals surface area contributed by atoms with E-state index in [1.807, 2.05) is 0 Å². The highest BCUT2D eigenvalue weighted by molar-refractivity contribution is 6.36. The van der Waals surface area contributed by atoms with Gasteiger partial charge in [0.05, 0.1) is 0 Å². The van der Waals surface area contributed by atoms with Crippen molar-refractivity contribution < 1.29 is 13.3 Å². The van der Waals surface area contributed by atoms with Crippen LogP contribution in [-0.2, 0) is 13.3 Å². The molecule has 5 nitrogen and oxygen atoms in total. The van der Waals surface area contributed by atoms with E-state index in [9.17, 15) is 0 Å². The fourth-order valence-electron chi connectivity index (χ4n) is 2.62. The summed E-state index contributed by atoms with van der Waals surface area (Å²) in [5.41, 5.74) is 6.19. The van der Waals surface area contributed by atoms with Gasteiger partial charge >= 0.3 is 9.53 Å². The second-order valence-corrected chi connectivity index (χ2v) is 7.61. The number of hydrogen-bond donors (Lipinski definition) is 2. The van der Waals surface area contributed by atoms with Crippen molar-refractivity contribution >= 4 is 9.53 Å². The third kappa shape index (κ3) is 11.3. The second-order valence-electron chi connectivity index (χ2n) is 5.62. The zero-order chi connectivity index (χ0) is 15.9. The first-order valence-electron chi connectivity index (χ1n) is 8.24. The molecule has 0 saturated carbocycles. The topological polar surface area (TPSA) is 65.7 Å². The van der Waals surface area contributed by atoms with Crippen molar-refractivity contribution in [1.82, 2.24) is 5.32 Å².